The predicted molar refractivity (Wildman–Crippen MR) is 70.3 cm³/mol. The lowest BCUT2D eigenvalue weighted by atomic mass is 10.1. The van der Waals surface area contributed by atoms with E-state index in [1.165, 1.54) is 0 Å². The summed E-state index contributed by atoms with van der Waals surface area (Å²) >= 11 is 3.29. The monoisotopic (exact) mass is 300 g/mol. The summed E-state index contributed by atoms with van der Waals surface area (Å²) in [4.78, 5) is 15.5. The molecular formula is C12H17BrN2O2. The summed E-state index contributed by atoms with van der Waals surface area (Å²) in [5.74, 6) is -0.934. The summed E-state index contributed by atoms with van der Waals surface area (Å²) in [6, 6.07) is 0. The molecule has 0 radical (unpaired) electrons. The van der Waals surface area contributed by atoms with Crippen molar-refractivity contribution in [2.24, 2.45) is 0 Å². The van der Waals surface area contributed by atoms with Gasteiger partial charge in [-0.05, 0) is 28.8 Å². The number of carboxylic acid groups (broad SMARTS) is 1. The number of aromatic nitrogens is 2. The van der Waals surface area contributed by atoms with Crippen LogP contribution in [0.3, 0.4) is 0 Å². The molecule has 94 valence electrons. The molecule has 0 saturated carbocycles. The van der Waals surface area contributed by atoms with Gasteiger partial charge in [0.25, 0.3) is 0 Å². The molecule has 1 heterocycles. The van der Waals surface area contributed by atoms with E-state index in [1.54, 1.807) is 10.6 Å². The highest BCUT2D eigenvalue weighted by atomic mass is 79.9. The van der Waals surface area contributed by atoms with Gasteiger partial charge in [-0.2, -0.15) is 0 Å². The molecule has 0 aliphatic carbocycles. The first kappa shape index (κ1) is 14.0. The van der Waals surface area contributed by atoms with Gasteiger partial charge < -0.3 is 9.67 Å². The maximum atomic E-state index is 11.2. The number of rotatable bonds is 7. The number of halogens is 1. The highest BCUT2D eigenvalue weighted by Crippen LogP contribution is 2.19. The van der Waals surface area contributed by atoms with Crippen molar-refractivity contribution in [3.63, 3.8) is 0 Å². The molecule has 0 atom stereocenters. The third kappa shape index (κ3) is 3.43. The number of hydrogen-bond donors (Lipinski definition) is 1. The molecule has 1 aromatic rings. The van der Waals surface area contributed by atoms with Gasteiger partial charge in [-0.1, -0.05) is 25.8 Å². The smallest absolute Gasteiger partial charge is 0.354 e. The Morgan fingerprint density at radius 2 is 2.29 bits per heavy atom. The molecular weight excluding hydrogens is 284 g/mol. The van der Waals surface area contributed by atoms with E-state index in [0.717, 1.165) is 19.3 Å². The van der Waals surface area contributed by atoms with E-state index < -0.39 is 5.97 Å². The molecule has 0 spiro atoms. The van der Waals surface area contributed by atoms with Gasteiger partial charge in [-0.15, -0.1) is 6.58 Å². The molecule has 17 heavy (non-hydrogen) atoms. The SMILES string of the molecule is C=CCn1c(Br)nc(CCCCC)c1C(=O)O. The molecule has 1 rings (SSSR count). The second-order valence-electron chi connectivity index (χ2n) is 3.84. The Kier molecular flexibility index (Phi) is 5.41. The molecule has 0 aromatic carbocycles. The first-order valence-corrected chi connectivity index (χ1v) is 6.50. The van der Waals surface area contributed by atoms with Crippen LogP contribution in [0.5, 0.6) is 0 Å². The lowest BCUT2D eigenvalue weighted by molar-refractivity contribution is 0.0684. The minimum atomic E-state index is -0.934. The first-order chi connectivity index (χ1) is 8.11. The van der Waals surface area contributed by atoms with Crippen LogP contribution in [0.25, 0.3) is 0 Å². The molecule has 4 nitrogen and oxygen atoms in total. The Morgan fingerprint density at radius 1 is 1.59 bits per heavy atom. The molecule has 0 aliphatic heterocycles. The zero-order chi connectivity index (χ0) is 12.8. The molecule has 1 aromatic heterocycles. The number of allylic oxidation sites excluding steroid dienone is 1. The van der Waals surface area contributed by atoms with Crippen molar-refractivity contribution in [1.29, 1.82) is 0 Å². The van der Waals surface area contributed by atoms with E-state index >= 15 is 0 Å². The molecule has 0 amide bonds. The molecule has 0 unspecified atom stereocenters. The zero-order valence-electron chi connectivity index (χ0n) is 9.95. The van der Waals surface area contributed by atoms with Crippen LogP contribution in [-0.2, 0) is 13.0 Å². The van der Waals surface area contributed by atoms with Crippen LogP contribution in [0, 0.1) is 0 Å². The van der Waals surface area contributed by atoms with Crippen molar-refractivity contribution in [2.45, 2.75) is 39.2 Å². The van der Waals surface area contributed by atoms with Crippen molar-refractivity contribution in [1.82, 2.24) is 9.55 Å². The normalized spacial score (nSPS) is 10.5. The van der Waals surface area contributed by atoms with Crippen molar-refractivity contribution in [2.75, 3.05) is 0 Å². The van der Waals surface area contributed by atoms with Crippen LogP contribution in [0.15, 0.2) is 17.4 Å². The molecule has 0 fully saturated rings. The zero-order valence-corrected chi connectivity index (χ0v) is 11.5. The summed E-state index contributed by atoms with van der Waals surface area (Å²) in [5, 5.41) is 9.23. The third-order valence-electron chi connectivity index (χ3n) is 2.52. The van der Waals surface area contributed by atoms with Crippen molar-refractivity contribution in [3.05, 3.63) is 28.8 Å². The summed E-state index contributed by atoms with van der Waals surface area (Å²) < 4.78 is 2.18. The van der Waals surface area contributed by atoms with Crippen LogP contribution in [0.1, 0.15) is 42.4 Å². The highest BCUT2D eigenvalue weighted by molar-refractivity contribution is 9.10. The molecule has 0 bridgehead atoms. The number of imidazole rings is 1. The van der Waals surface area contributed by atoms with E-state index in [1.807, 2.05) is 0 Å². The summed E-state index contributed by atoms with van der Waals surface area (Å²) in [6.45, 7) is 6.18. The van der Waals surface area contributed by atoms with Gasteiger partial charge in [-0.3, -0.25) is 0 Å². The maximum Gasteiger partial charge on any atom is 0.354 e. The number of carboxylic acids is 1. The topological polar surface area (TPSA) is 55.1 Å². The second kappa shape index (κ2) is 6.59. The fraction of sp³-hybridized carbons (Fsp3) is 0.500. The minimum Gasteiger partial charge on any atom is -0.477 e. The van der Waals surface area contributed by atoms with Gasteiger partial charge in [0.05, 0.1) is 5.69 Å². The van der Waals surface area contributed by atoms with Crippen LogP contribution >= 0.6 is 15.9 Å². The van der Waals surface area contributed by atoms with E-state index in [9.17, 15) is 9.90 Å². The second-order valence-corrected chi connectivity index (χ2v) is 4.55. The fourth-order valence-corrected chi connectivity index (χ4v) is 2.26. The Morgan fingerprint density at radius 3 is 2.82 bits per heavy atom. The number of unbranched alkanes of at least 4 members (excludes halogenated alkanes) is 2. The average Bonchev–Trinajstić information content (AvgIpc) is 2.57. The van der Waals surface area contributed by atoms with E-state index in [4.69, 9.17) is 0 Å². The average molecular weight is 301 g/mol. The van der Waals surface area contributed by atoms with Gasteiger partial charge in [0.15, 0.2) is 10.4 Å². The first-order valence-electron chi connectivity index (χ1n) is 5.70. The summed E-state index contributed by atoms with van der Waals surface area (Å²) in [7, 11) is 0. The molecule has 5 heteroatoms. The third-order valence-corrected chi connectivity index (χ3v) is 3.13. The summed E-state index contributed by atoms with van der Waals surface area (Å²) in [5.41, 5.74) is 0.924. The van der Waals surface area contributed by atoms with Gasteiger partial charge in [-0.25, -0.2) is 9.78 Å². The van der Waals surface area contributed by atoms with Gasteiger partial charge in [0.2, 0.25) is 0 Å². The van der Waals surface area contributed by atoms with E-state index in [2.05, 4.69) is 34.4 Å². The van der Waals surface area contributed by atoms with Crippen LogP contribution in [-0.4, -0.2) is 20.6 Å². The molecule has 1 N–H and O–H groups in total. The van der Waals surface area contributed by atoms with Gasteiger partial charge in [0.1, 0.15) is 0 Å². The number of hydrogen-bond acceptors (Lipinski definition) is 2. The number of nitrogens with zero attached hydrogens (tertiary/aromatic N) is 2. The highest BCUT2D eigenvalue weighted by Gasteiger charge is 2.20. The van der Waals surface area contributed by atoms with E-state index in [0.29, 0.717) is 23.4 Å². The fourth-order valence-electron chi connectivity index (χ4n) is 1.72. The largest absolute Gasteiger partial charge is 0.477 e. The Hall–Kier alpha value is -1.10. The standard InChI is InChI=1S/C12H17BrN2O2/c1-3-5-6-7-9-10(11(16)17)15(8-4-2)12(13)14-9/h4H,2-3,5-8H2,1H3,(H,16,17). The Labute approximate surface area is 109 Å². The Bertz CT molecular complexity index is 413. The van der Waals surface area contributed by atoms with Crippen LogP contribution in [0.2, 0.25) is 0 Å². The predicted octanol–water partition coefficient (Wildman–Crippen LogP) is 3.26. The Balaban J connectivity index is 2.99. The van der Waals surface area contributed by atoms with Crippen molar-refractivity contribution in [3.8, 4) is 0 Å². The van der Waals surface area contributed by atoms with Crippen LogP contribution < -0.4 is 0 Å². The maximum absolute atomic E-state index is 11.2. The summed E-state index contributed by atoms with van der Waals surface area (Å²) in [6.07, 6.45) is 5.53. The van der Waals surface area contributed by atoms with Gasteiger partial charge in [0, 0.05) is 6.54 Å². The molecule has 0 saturated heterocycles. The van der Waals surface area contributed by atoms with Crippen LogP contribution in [0.4, 0.5) is 0 Å². The molecule has 0 aliphatic rings. The van der Waals surface area contributed by atoms with E-state index in [-0.39, 0.29) is 5.69 Å². The number of aryl methyl sites for hydroxylation is 1. The minimum absolute atomic E-state index is 0.271. The van der Waals surface area contributed by atoms with Gasteiger partial charge >= 0.3 is 5.97 Å². The number of aromatic carboxylic acids is 1. The lowest BCUT2D eigenvalue weighted by Crippen LogP contribution is -2.10. The number of carbonyl (C=O) groups is 1. The lowest BCUT2D eigenvalue weighted by Gasteiger charge is -2.04. The van der Waals surface area contributed by atoms with Crippen molar-refractivity contribution >= 4 is 21.9 Å². The quantitative estimate of drug-likeness (QED) is 0.621. The van der Waals surface area contributed by atoms with Crippen molar-refractivity contribution < 1.29 is 9.90 Å².